The van der Waals surface area contributed by atoms with E-state index in [1.54, 1.807) is 0 Å². The second-order valence-corrected chi connectivity index (χ2v) is 13.2. The molecule has 0 fully saturated rings. The molecule has 42 heavy (non-hydrogen) atoms. The van der Waals surface area contributed by atoms with E-state index in [2.05, 4.69) is 103 Å². The van der Waals surface area contributed by atoms with Crippen LogP contribution in [-0.4, -0.2) is 67.4 Å². The minimum Gasteiger partial charge on any atom is -0.545 e. The van der Waals surface area contributed by atoms with Crippen LogP contribution in [0.3, 0.4) is 0 Å². The van der Waals surface area contributed by atoms with Gasteiger partial charge in [-0.3, -0.25) is 0 Å². The summed E-state index contributed by atoms with van der Waals surface area (Å²) >= 11 is 0. The van der Waals surface area contributed by atoms with E-state index in [0.717, 1.165) is 22.1 Å². The van der Waals surface area contributed by atoms with E-state index in [1.165, 1.54) is 59.7 Å². The maximum Gasteiger partial charge on any atom is 0.104 e. The van der Waals surface area contributed by atoms with Crippen molar-refractivity contribution in [2.75, 3.05) is 42.3 Å². The number of aromatic carboxylic acids is 2. The summed E-state index contributed by atoms with van der Waals surface area (Å²) in [5.41, 5.74) is 2.80. The molecule has 222 valence electrons. The molecular formula is C34H40N2O5S. The Labute approximate surface area is 251 Å². The van der Waals surface area contributed by atoms with Gasteiger partial charge in [-0.2, -0.15) is 0 Å². The minimum atomic E-state index is -1.52. The van der Waals surface area contributed by atoms with Gasteiger partial charge in [-0.1, -0.05) is 84.9 Å². The van der Waals surface area contributed by atoms with Crippen molar-refractivity contribution in [3.8, 4) is 0 Å². The largest absolute Gasteiger partial charge is 0.545 e. The molecule has 0 N–H and O–H groups in total. The highest BCUT2D eigenvalue weighted by Crippen LogP contribution is 2.17. The van der Waals surface area contributed by atoms with Gasteiger partial charge in [0.05, 0.1) is 65.0 Å². The molecule has 0 heterocycles. The molecule has 0 atom stereocenters. The predicted molar refractivity (Wildman–Crippen MR) is 163 cm³/mol. The Bertz CT molecular complexity index is 1320. The second kappa shape index (κ2) is 15.8. The van der Waals surface area contributed by atoms with E-state index < -0.39 is 22.7 Å². The number of benzene rings is 4. The lowest BCUT2D eigenvalue weighted by molar-refractivity contribution is -0.884. The van der Waals surface area contributed by atoms with Crippen molar-refractivity contribution < 1.29 is 33.0 Å². The zero-order chi connectivity index (χ0) is 31.3. The van der Waals surface area contributed by atoms with Crippen molar-refractivity contribution in [3.05, 3.63) is 131 Å². The number of quaternary nitrogens is 2. The lowest BCUT2D eigenvalue weighted by atomic mass is 10.2. The molecule has 7 nitrogen and oxygen atoms in total. The summed E-state index contributed by atoms with van der Waals surface area (Å²) in [6.45, 7) is 2.20. The Morgan fingerprint density at radius 2 is 0.810 bits per heavy atom. The molecule has 0 aliphatic heterocycles. The van der Waals surface area contributed by atoms with Gasteiger partial charge in [0.25, 0.3) is 0 Å². The third-order valence-electron chi connectivity index (χ3n) is 5.61. The maximum atomic E-state index is 12.2. The molecule has 4 aromatic rings. The average molecular weight is 589 g/mol. The zero-order valence-corrected chi connectivity index (χ0v) is 26.0. The van der Waals surface area contributed by atoms with Crippen molar-refractivity contribution in [2.24, 2.45) is 0 Å². The molecule has 0 unspecified atom stereocenters. The first kappa shape index (κ1) is 34.1. The Hall–Kier alpha value is -4.11. The maximum absolute atomic E-state index is 12.2. The zero-order valence-electron chi connectivity index (χ0n) is 25.2. The van der Waals surface area contributed by atoms with Crippen LogP contribution in [0, 0.1) is 0 Å². The predicted octanol–water partition coefficient (Wildman–Crippen LogP) is 3.37. The number of carbonyl (C=O) groups is 2. The molecule has 0 spiro atoms. The number of nitrogens with zero attached hydrogens (tertiary/aromatic N) is 2. The Balaban J connectivity index is 0.000000239. The first-order valence-electron chi connectivity index (χ1n) is 13.4. The molecule has 4 aromatic carbocycles. The Morgan fingerprint density at radius 1 is 0.524 bits per heavy atom. The van der Waals surface area contributed by atoms with Crippen LogP contribution in [0.2, 0.25) is 0 Å². The second-order valence-electron chi connectivity index (χ2n) is 11.8. The summed E-state index contributed by atoms with van der Waals surface area (Å²) < 4.78 is 14.2. The Kier molecular flexibility index (Phi) is 12.8. The molecule has 4 rings (SSSR count). The molecule has 0 aliphatic rings. The summed E-state index contributed by atoms with van der Waals surface area (Å²) in [4.78, 5) is 22.0. The highest BCUT2D eigenvalue weighted by Gasteiger charge is 2.09. The monoisotopic (exact) mass is 588 g/mol. The fourth-order valence-corrected chi connectivity index (χ4v) is 4.87. The molecule has 0 amide bonds. The highest BCUT2D eigenvalue weighted by molar-refractivity contribution is 7.85. The van der Waals surface area contributed by atoms with E-state index in [-0.39, 0.29) is 11.1 Å². The third kappa shape index (κ3) is 13.0. The van der Waals surface area contributed by atoms with E-state index in [9.17, 15) is 24.0 Å². The van der Waals surface area contributed by atoms with Crippen LogP contribution in [0.1, 0.15) is 31.8 Å². The van der Waals surface area contributed by atoms with Gasteiger partial charge < -0.3 is 28.8 Å². The standard InChI is InChI=1S/C14H10O5S.2C10H16N/c15-13(16)9-1-5-11(6-2-9)20(19)12-7-3-10(4-8-12)14(17)18;2*1-11(2,3)9-10-7-5-4-6-8-10/h1-8H,(H,15,16)(H,17,18);2*4-8H,9H2,1-3H3/q;2*+1/p-2. The van der Waals surface area contributed by atoms with E-state index in [1.807, 2.05) is 0 Å². The van der Waals surface area contributed by atoms with Crippen LogP contribution >= 0.6 is 0 Å². The fourth-order valence-electron chi connectivity index (χ4n) is 3.83. The lowest BCUT2D eigenvalue weighted by Gasteiger charge is -2.23. The summed E-state index contributed by atoms with van der Waals surface area (Å²) in [6, 6.07) is 32.1. The number of carboxylic acids is 2. The molecule has 0 saturated carbocycles. The summed E-state index contributed by atoms with van der Waals surface area (Å²) in [7, 11) is 11.7. The van der Waals surface area contributed by atoms with Gasteiger partial charge >= 0.3 is 0 Å². The van der Waals surface area contributed by atoms with Crippen molar-refractivity contribution in [2.45, 2.75) is 22.9 Å². The molecule has 0 saturated heterocycles. The van der Waals surface area contributed by atoms with Crippen LogP contribution < -0.4 is 10.2 Å². The van der Waals surface area contributed by atoms with Crippen molar-refractivity contribution in [1.82, 2.24) is 0 Å². The summed E-state index contributed by atoms with van der Waals surface area (Å²) in [6.07, 6.45) is 0. The van der Waals surface area contributed by atoms with Gasteiger partial charge in [-0.25, -0.2) is 4.21 Å². The first-order chi connectivity index (χ1) is 19.6. The van der Waals surface area contributed by atoms with Gasteiger partial charge in [0.2, 0.25) is 0 Å². The summed E-state index contributed by atoms with van der Waals surface area (Å²) in [5.74, 6) is -2.61. The van der Waals surface area contributed by atoms with Gasteiger partial charge in [-0.15, -0.1) is 0 Å². The van der Waals surface area contributed by atoms with E-state index >= 15 is 0 Å². The fraction of sp³-hybridized carbons (Fsp3) is 0.235. The first-order valence-corrected chi connectivity index (χ1v) is 14.5. The number of carbonyl (C=O) groups excluding carboxylic acids is 2. The lowest BCUT2D eigenvalue weighted by Crippen LogP contribution is -2.33. The van der Waals surface area contributed by atoms with Crippen LogP contribution in [0.5, 0.6) is 0 Å². The quantitative estimate of drug-likeness (QED) is 0.294. The van der Waals surface area contributed by atoms with Gasteiger partial charge in [0.15, 0.2) is 0 Å². The van der Waals surface area contributed by atoms with Gasteiger partial charge in [0, 0.05) is 20.9 Å². The number of hydrogen-bond donors (Lipinski definition) is 0. The van der Waals surface area contributed by atoms with Crippen LogP contribution in [0.4, 0.5) is 0 Å². The Morgan fingerprint density at radius 3 is 1.05 bits per heavy atom. The van der Waals surface area contributed by atoms with Gasteiger partial charge in [0.1, 0.15) is 13.1 Å². The molecule has 0 aliphatic carbocycles. The minimum absolute atomic E-state index is 0.00181. The summed E-state index contributed by atoms with van der Waals surface area (Å²) in [5, 5.41) is 21.2. The topological polar surface area (TPSA) is 97.3 Å². The number of hydrogen-bond acceptors (Lipinski definition) is 5. The molecule has 8 heteroatoms. The molecule has 0 bridgehead atoms. The number of carboxylic acid groups (broad SMARTS) is 2. The highest BCUT2D eigenvalue weighted by atomic mass is 32.2. The van der Waals surface area contributed by atoms with E-state index in [4.69, 9.17) is 0 Å². The normalized spacial score (nSPS) is 11.0. The molecular weight excluding hydrogens is 548 g/mol. The third-order valence-corrected chi connectivity index (χ3v) is 7.01. The van der Waals surface area contributed by atoms with Crippen molar-refractivity contribution in [3.63, 3.8) is 0 Å². The SMILES string of the molecule is C[N+](C)(C)Cc1ccccc1.C[N+](C)(C)Cc1ccccc1.O=C([O-])c1ccc(S(=O)c2ccc(C(=O)[O-])cc2)cc1. The van der Waals surface area contributed by atoms with Crippen molar-refractivity contribution >= 4 is 22.7 Å². The van der Waals surface area contributed by atoms with Crippen LogP contribution in [0.15, 0.2) is 119 Å². The molecule has 0 aromatic heterocycles. The average Bonchev–Trinajstić information content (AvgIpc) is 2.93. The van der Waals surface area contributed by atoms with Gasteiger partial charge in [-0.05, 0) is 35.4 Å². The van der Waals surface area contributed by atoms with Crippen molar-refractivity contribution in [1.29, 1.82) is 0 Å². The number of rotatable bonds is 8. The molecule has 0 radical (unpaired) electrons. The van der Waals surface area contributed by atoms with E-state index in [0.29, 0.717) is 9.79 Å². The van der Waals surface area contributed by atoms with Crippen LogP contribution in [0.25, 0.3) is 0 Å². The van der Waals surface area contributed by atoms with Crippen LogP contribution in [-0.2, 0) is 23.9 Å². The smallest absolute Gasteiger partial charge is 0.104 e.